The second kappa shape index (κ2) is 10.0. The largest absolute Gasteiger partial charge is 0.463 e. The Morgan fingerprint density at radius 1 is 1.09 bits per heavy atom. The number of amides is 2. The van der Waals surface area contributed by atoms with Crippen LogP contribution in [0.15, 0.2) is 59.8 Å². The molecule has 1 saturated heterocycles. The summed E-state index contributed by atoms with van der Waals surface area (Å²) < 4.78 is 19.5. The third-order valence-electron chi connectivity index (χ3n) is 6.01. The number of urea groups is 1. The van der Waals surface area contributed by atoms with Crippen LogP contribution in [0.3, 0.4) is 0 Å². The van der Waals surface area contributed by atoms with Crippen LogP contribution < -0.4 is 15.5 Å². The Balaban J connectivity index is 1.56. The number of esters is 1. The second-order valence-electron chi connectivity index (χ2n) is 8.27. The Hall–Kier alpha value is -3.39. The fraction of sp³-hybridized carbons (Fsp3) is 0.360. The van der Waals surface area contributed by atoms with Gasteiger partial charge in [-0.3, -0.25) is 4.90 Å². The number of piperazine rings is 1. The van der Waals surface area contributed by atoms with E-state index in [9.17, 15) is 14.0 Å². The van der Waals surface area contributed by atoms with Gasteiger partial charge in [-0.1, -0.05) is 42.0 Å². The molecule has 0 spiro atoms. The molecule has 2 aromatic rings. The number of hydrogen-bond acceptors (Lipinski definition) is 5. The zero-order valence-corrected chi connectivity index (χ0v) is 18.9. The maximum absolute atomic E-state index is 14.2. The topological polar surface area (TPSA) is 73.9 Å². The van der Waals surface area contributed by atoms with E-state index >= 15 is 0 Å². The summed E-state index contributed by atoms with van der Waals surface area (Å²) in [5, 5.41) is 5.70. The van der Waals surface area contributed by atoms with Gasteiger partial charge >= 0.3 is 12.0 Å². The highest BCUT2D eigenvalue weighted by Gasteiger charge is 2.34. The van der Waals surface area contributed by atoms with Gasteiger partial charge in [0.15, 0.2) is 0 Å². The molecule has 1 fully saturated rings. The molecule has 2 amide bonds. The lowest BCUT2D eigenvalue weighted by molar-refractivity contribution is -0.139. The molecule has 8 heteroatoms. The van der Waals surface area contributed by atoms with Crippen LogP contribution in [0.2, 0.25) is 0 Å². The van der Waals surface area contributed by atoms with E-state index in [0.717, 1.165) is 11.1 Å². The predicted octanol–water partition coefficient (Wildman–Crippen LogP) is 3.13. The van der Waals surface area contributed by atoms with Gasteiger partial charge in [-0.15, -0.1) is 0 Å². The standard InChI is InChI=1S/C25H29FN4O3/c1-3-33-24(31)22-20(27-25(32)28-23(22)18-10-8-17(2)9-11-18)16-29-12-14-30(15-13-29)21-7-5-4-6-19(21)26/h4-11,23H,3,12-16H2,1-2H3,(H2,27,28,32)/t23-/m1/s1. The van der Waals surface area contributed by atoms with Crippen LogP contribution in [-0.4, -0.2) is 56.2 Å². The van der Waals surface area contributed by atoms with Gasteiger partial charge in [-0.2, -0.15) is 0 Å². The monoisotopic (exact) mass is 452 g/mol. The van der Waals surface area contributed by atoms with Crippen molar-refractivity contribution in [3.05, 3.63) is 76.7 Å². The maximum atomic E-state index is 14.2. The van der Waals surface area contributed by atoms with Crippen molar-refractivity contribution >= 4 is 17.7 Å². The molecule has 33 heavy (non-hydrogen) atoms. The number of carbonyl (C=O) groups excluding carboxylic acids is 2. The van der Waals surface area contributed by atoms with Gasteiger partial charge in [0, 0.05) is 38.4 Å². The van der Waals surface area contributed by atoms with Gasteiger partial charge in [0.2, 0.25) is 0 Å². The van der Waals surface area contributed by atoms with Gasteiger partial charge in [-0.05, 0) is 31.5 Å². The lowest BCUT2D eigenvalue weighted by atomic mass is 9.94. The summed E-state index contributed by atoms with van der Waals surface area (Å²) in [4.78, 5) is 29.6. The first-order chi connectivity index (χ1) is 16.0. The Morgan fingerprint density at radius 3 is 2.45 bits per heavy atom. The number of hydrogen-bond donors (Lipinski definition) is 2. The lowest BCUT2D eigenvalue weighted by Gasteiger charge is -2.38. The van der Waals surface area contributed by atoms with Crippen LogP contribution >= 0.6 is 0 Å². The zero-order chi connectivity index (χ0) is 23.4. The maximum Gasteiger partial charge on any atom is 0.338 e. The van der Waals surface area contributed by atoms with E-state index in [0.29, 0.717) is 49.7 Å². The molecule has 0 bridgehead atoms. The smallest absolute Gasteiger partial charge is 0.338 e. The average molecular weight is 453 g/mol. The molecule has 0 unspecified atom stereocenters. The fourth-order valence-corrected chi connectivity index (χ4v) is 4.28. The van der Waals surface area contributed by atoms with Gasteiger partial charge in [0.1, 0.15) is 5.82 Å². The quantitative estimate of drug-likeness (QED) is 0.659. The second-order valence-corrected chi connectivity index (χ2v) is 8.27. The molecule has 2 aliphatic heterocycles. The molecule has 4 rings (SSSR count). The van der Waals surface area contributed by atoms with Gasteiger partial charge in [0.05, 0.1) is 23.9 Å². The van der Waals surface area contributed by atoms with Crippen molar-refractivity contribution in [2.45, 2.75) is 19.9 Å². The van der Waals surface area contributed by atoms with Crippen LogP contribution in [0.25, 0.3) is 0 Å². The fourth-order valence-electron chi connectivity index (χ4n) is 4.28. The van der Waals surface area contributed by atoms with Gasteiger partial charge < -0.3 is 20.3 Å². The summed E-state index contributed by atoms with van der Waals surface area (Å²) in [6, 6.07) is 13.5. The van der Waals surface area contributed by atoms with Crippen molar-refractivity contribution in [1.29, 1.82) is 0 Å². The molecule has 2 aliphatic rings. The summed E-state index contributed by atoms with van der Waals surface area (Å²) >= 11 is 0. The van der Waals surface area contributed by atoms with E-state index in [4.69, 9.17) is 4.74 Å². The van der Waals surface area contributed by atoms with Gasteiger partial charge in [-0.25, -0.2) is 14.0 Å². The molecule has 1 atom stereocenters. The Bertz CT molecular complexity index is 1050. The molecule has 0 aromatic heterocycles. The third-order valence-corrected chi connectivity index (χ3v) is 6.01. The molecule has 0 radical (unpaired) electrons. The van der Waals surface area contributed by atoms with Crippen LogP contribution in [0.4, 0.5) is 14.9 Å². The van der Waals surface area contributed by atoms with Crippen molar-refractivity contribution in [1.82, 2.24) is 15.5 Å². The number of nitrogens with one attached hydrogen (secondary N) is 2. The predicted molar refractivity (Wildman–Crippen MR) is 124 cm³/mol. The van der Waals surface area contributed by atoms with E-state index in [2.05, 4.69) is 15.5 Å². The van der Waals surface area contributed by atoms with E-state index in [1.54, 1.807) is 19.1 Å². The summed E-state index contributed by atoms with van der Waals surface area (Å²) in [6.45, 7) is 7.03. The Labute approximate surface area is 193 Å². The SMILES string of the molecule is CCOC(=O)C1=C(CN2CCN(c3ccccc3F)CC2)NC(=O)N[C@@H]1c1ccc(C)cc1. The third kappa shape index (κ3) is 5.17. The van der Waals surface area contributed by atoms with Crippen LogP contribution in [0.5, 0.6) is 0 Å². The summed E-state index contributed by atoms with van der Waals surface area (Å²) in [5.74, 6) is -0.680. The summed E-state index contributed by atoms with van der Waals surface area (Å²) in [5.41, 5.74) is 3.46. The van der Waals surface area contributed by atoms with E-state index in [1.165, 1.54) is 6.07 Å². The first-order valence-corrected chi connectivity index (χ1v) is 11.2. The Morgan fingerprint density at radius 2 is 1.79 bits per heavy atom. The van der Waals surface area contributed by atoms with Crippen LogP contribution in [0, 0.1) is 12.7 Å². The summed E-state index contributed by atoms with van der Waals surface area (Å²) in [6.07, 6.45) is 0. The average Bonchev–Trinajstić information content (AvgIpc) is 2.80. The number of rotatable bonds is 6. The molecule has 7 nitrogen and oxygen atoms in total. The first-order valence-electron chi connectivity index (χ1n) is 11.2. The van der Waals surface area contributed by atoms with Crippen LogP contribution in [0.1, 0.15) is 24.1 Å². The van der Waals surface area contributed by atoms with Crippen molar-refractivity contribution in [3.63, 3.8) is 0 Å². The zero-order valence-electron chi connectivity index (χ0n) is 18.9. The minimum absolute atomic E-state index is 0.232. The number of benzene rings is 2. The number of nitrogens with zero attached hydrogens (tertiary/aromatic N) is 2. The molecule has 2 aromatic carbocycles. The number of carbonyl (C=O) groups is 2. The highest BCUT2D eigenvalue weighted by Crippen LogP contribution is 2.29. The minimum atomic E-state index is -0.590. The number of anilines is 1. The highest BCUT2D eigenvalue weighted by atomic mass is 19.1. The number of para-hydroxylation sites is 1. The van der Waals surface area contributed by atoms with Crippen molar-refractivity contribution in [3.8, 4) is 0 Å². The first kappa shape index (κ1) is 22.8. The molecular weight excluding hydrogens is 423 g/mol. The molecule has 2 N–H and O–H groups in total. The number of ether oxygens (including phenoxy) is 1. The molecule has 0 saturated carbocycles. The van der Waals surface area contributed by atoms with Crippen molar-refractivity contribution < 1.29 is 18.7 Å². The normalized spacial score (nSPS) is 19.2. The lowest BCUT2D eigenvalue weighted by Crippen LogP contribution is -2.52. The molecule has 174 valence electrons. The van der Waals surface area contributed by atoms with Gasteiger partial charge in [0.25, 0.3) is 0 Å². The highest BCUT2D eigenvalue weighted by molar-refractivity contribution is 5.95. The Kier molecular flexibility index (Phi) is 6.93. The van der Waals surface area contributed by atoms with Crippen molar-refractivity contribution in [2.24, 2.45) is 0 Å². The molecule has 0 aliphatic carbocycles. The molecule has 2 heterocycles. The van der Waals surface area contributed by atoms with E-state index in [-0.39, 0.29) is 18.5 Å². The van der Waals surface area contributed by atoms with Crippen LogP contribution in [-0.2, 0) is 9.53 Å². The van der Waals surface area contributed by atoms with Crippen molar-refractivity contribution in [2.75, 3.05) is 44.2 Å². The number of halogens is 1. The van der Waals surface area contributed by atoms with E-state index < -0.39 is 12.0 Å². The summed E-state index contributed by atoms with van der Waals surface area (Å²) in [7, 11) is 0. The van der Waals surface area contributed by atoms with E-state index in [1.807, 2.05) is 42.2 Å². The minimum Gasteiger partial charge on any atom is -0.463 e. The molecular formula is C25H29FN4O3. The number of aryl methyl sites for hydroxylation is 1.